The molecule has 67 heavy (non-hydrogen) atoms. The summed E-state index contributed by atoms with van der Waals surface area (Å²) < 4.78 is 52.4. The number of esters is 2. The third kappa shape index (κ3) is 18.9. The van der Waals surface area contributed by atoms with Gasteiger partial charge in [-0.1, -0.05) is 142 Å². The predicted octanol–water partition coefficient (Wildman–Crippen LogP) is 17.8. The number of carbonyl (C=O) groups is 2. The van der Waals surface area contributed by atoms with E-state index in [0.717, 1.165) is 73.4 Å². The molecule has 6 nitrogen and oxygen atoms in total. The normalized spacial score (nSPS) is 12.4. The Bertz CT molecular complexity index is 2240. The molecule has 0 fully saturated rings. The van der Waals surface area contributed by atoms with Gasteiger partial charge >= 0.3 is 11.9 Å². The third-order valence-corrected chi connectivity index (χ3v) is 15.4. The van der Waals surface area contributed by atoms with E-state index in [1.165, 1.54) is 102 Å². The number of ether oxygens (including phenoxy) is 4. The second-order valence-electron chi connectivity index (χ2n) is 17.4. The molecule has 0 radical (unpaired) electrons. The fourth-order valence-corrected chi connectivity index (χ4v) is 10.8. The summed E-state index contributed by atoms with van der Waals surface area (Å²) >= 11 is 4.92. The standard InChI is InChI=1S/C56H72F2O6S3/c1-5-7-9-11-13-15-17-19-21-23-37-61-55(59)41(3)63-48-30-26-43(39-46(48)57)25-28-45-29-32-51(65-45)52-35-36-54(67-52)53-34-33-50(66-53)44-27-31-49(47(58)40-44)64-42(4)56(60)62-38-24-22-20-18-16-14-12-10-8-6-2/h25-36,39-42H,5-24,37-38H2,1-4H3/b28-25+/t41-,42-/m0/s1. The zero-order chi connectivity index (χ0) is 47.6. The number of hydrogen-bond acceptors (Lipinski definition) is 9. The van der Waals surface area contributed by atoms with Crippen LogP contribution in [0.1, 0.15) is 167 Å². The Morgan fingerprint density at radius 3 is 1.36 bits per heavy atom. The quantitative estimate of drug-likeness (QED) is 0.0308. The molecular weight excluding hydrogens is 903 g/mol. The predicted molar refractivity (Wildman–Crippen MR) is 277 cm³/mol. The fraction of sp³-hybridized carbons (Fsp3) is 0.500. The first kappa shape index (κ1) is 53.6. The smallest absolute Gasteiger partial charge is 0.347 e. The van der Waals surface area contributed by atoms with Crippen LogP contribution in [0.25, 0.3) is 42.1 Å². The summed E-state index contributed by atoms with van der Waals surface area (Å²) in [4.78, 5) is 31.4. The van der Waals surface area contributed by atoms with Gasteiger partial charge in [-0.05, 0) is 111 Å². The highest BCUT2D eigenvalue weighted by atomic mass is 32.1. The van der Waals surface area contributed by atoms with Crippen molar-refractivity contribution >= 4 is 58.1 Å². The van der Waals surface area contributed by atoms with E-state index in [9.17, 15) is 9.59 Å². The van der Waals surface area contributed by atoms with Gasteiger partial charge < -0.3 is 18.9 Å². The minimum absolute atomic E-state index is 0.0138. The Morgan fingerprint density at radius 2 is 0.881 bits per heavy atom. The van der Waals surface area contributed by atoms with Crippen LogP contribution in [-0.4, -0.2) is 37.4 Å². The molecule has 3 aromatic heterocycles. The molecule has 0 aliphatic heterocycles. The molecule has 0 saturated heterocycles. The highest BCUT2D eigenvalue weighted by Gasteiger charge is 2.20. The summed E-state index contributed by atoms with van der Waals surface area (Å²) in [5.74, 6) is -2.01. The maximum absolute atomic E-state index is 15.3. The van der Waals surface area contributed by atoms with Crippen molar-refractivity contribution in [3.05, 3.63) is 94.9 Å². The highest BCUT2D eigenvalue weighted by Crippen LogP contribution is 2.42. The first-order valence-electron chi connectivity index (χ1n) is 24.9. The van der Waals surface area contributed by atoms with Crippen LogP contribution in [0.3, 0.4) is 0 Å². The highest BCUT2D eigenvalue weighted by molar-refractivity contribution is 7.27. The van der Waals surface area contributed by atoms with E-state index >= 15 is 8.78 Å². The van der Waals surface area contributed by atoms with Crippen LogP contribution in [0, 0.1) is 11.6 Å². The lowest BCUT2D eigenvalue weighted by molar-refractivity contribution is -0.152. The minimum atomic E-state index is -0.915. The topological polar surface area (TPSA) is 71.1 Å². The van der Waals surface area contributed by atoms with Gasteiger partial charge in [0.25, 0.3) is 0 Å². The van der Waals surface area contributed by atoms with Crippen LogP contribution in [0.15, 0.2) is 72.8 Å². The molecule has 0 N–H and O–H groups in total. The van der Waals surface area contributed by atoms with Crippen molar-refractivity contribution in [3.63, 3.8) is 0 Å². The summed E-state index contributed by atoms with van der Waals surface area (Å²) in [7, 11) is 0. The molecule has 11 heteroatoms. The summed E-state index contributed by atoms with van der Waals surface area (Å²) in [6.07, 6.45) is 26.1. The Kier molecular flexibility index (Phi) is 24.2. The molecule has 0 aliphatic carbocycles. The molecular formula is C56H72F2O6S3. The summed E-state index contributed by atoms with van der Waals surface area (Å²) in [5.41, 5.74) is 1.41. The second kappa shape index (κ2) is 30.2. The Balaban J connectivity index is 1.02. The Hall–Kier alpha value is -4.32. The van der Waals surface area contributed by atoms with Gasteiger partial charge in [-0.3, -0.25) is 0 Å². The first-order valence-corrected chi connectivity index (χ1v) is 27.3. The summed E-state index contributed by atoms with van der Waals surface area (Å²) in [5, 5.41) is 0. The molecule has 0 spiro atoms. The van der Waals surface area contributed by atoms with Crippen LogP contribution < -0.4 is 9.47 Å². The van der Waals surface area contributed by atoms with E-state index in [2.05, 4.69) is 38.1 Å². The van der Waals surface area contributed by atoms with Crippen LogP contribution >= 0.6 is 34.0 Å². The minimum Gasteiger partial charge on any atom is -0.476 e. The zero-order valence-corrected chi connectivity index (χ0v) is 42.7. The molecule has 364 valence electrons. The molecule has 0 unspecified atom stereocenters. The summed E-state index contributed by atoms with van der Waals surface area (Å²) in [6, 6.07) is 21.9. The number of hydrogen-bond donors (Lipinski definition) is 0. The van der Waals surface area contributed by atoms with Gasteiger partial charge in [0.15, 0.2) is 35.3 Å². The average Bonchev–Trinajstić information content (AvgIpc) is 4.13. The lowest BCUT2D eigenvalue weighted by Gasteiger charge is -2.15. The van der Waals surface area contributed by atoms with Crippen molar-refractivity contribution in [1.29, 1.82) is 0 Å². The van der Waals surface area contributed by atoms with Crippen molar-refractivity contribution in [2.45, 2.75) is 168 Å². The van der Waals surface area contributed by atoms with Gasteiger partial charge in [0.1, 0.15) is 0 Å². The van der Waals surface area contributed by atoms with Crippen LogP contribution in [0.5, 0.6) is 11.5 Å². The maximum Gasteiger partial charge on any atom is 0.347 e. The number of unbranched alkanes of at least 4 members (excludes halogenated alkanes) is 18. The van der Waals surface area contributed by atoms with Gasteiger partial charge in [0, 0.05) is 29.3 Å². The van der Waals surface area contributed by atoms with Crippen LogP contribution in [-0.2, 0) is 19.1 Å². The first-order chi connectivity index (χ1) is 32.6. The van der Waals surface area contributed by atoms with Gasteiger partial charge in [-0.15, -0.1) is 34.0 Å². The van der Waals surface area contributed by atoms with Crippen molar-refractivity contribution in [3.8, 4) is 41.4 Å². The van der Waals surface area contributed by atoms with E-state index in [1.54, 1.807) is 66.1 Å². The molecule has 0 aliphatic rings. The van der Waals surface area contributed by atoms with Gasteiger partial charge in [-0.25, -0.2) is 18.4 Å². The third-order valence-electron chi connectivity index (χ3n) is 11.7. The van der Waals surface area contributed by atoms with Crippen molar-refractivity contribution in [2.24, 2.45) is 0 Å². The SMILES string of the molecule is CCCCCCCCCCCCOC(=O)[C@H](C)Oc1ccc(/C=C/c2ccc(-c3ccc(-c4ccc(-c5ccc(O[C@@H](C)C(=O)OCCCCCCCCCCCC)c(F)c5)s4)s3)s2)cc1F. The molecule has 2 atom stereocenters. The maximum atomic E-state index is 15.3. The molecule has 0 amide bonds. The summed E-state index contributed by atoms with van der Waals surface area (Å²) in [6.45, 7) is 8.34. The van der Waals surface area contributed by atoms with Gasteiger partial charge in [-0.2, -0.15) is 0 Å². The molecule has 5 rings (SSSR count). The number of carbonyl (C=O) groups excluding carboxylic acids is 2. The van der Waals surface area contributed by atoms with Crippen molar-refractivity contribution < 1.29 is 37.3 Å². The number of benzene rings is 2. The van der Waals surface area contributed by atoms with E-state index in [0.29, 0.717) is 18.8 Å². The van der Waals surface area contributed by atoms with Crippen molar-refractivity contribution in [1.82, 2.24) is 0 Å². The Morgan fingerprint density at radius 1 is 0.478 bits per heavy atom. The van der Waals surface area contributed by atoms with Crippen molar-refractivity contribution in [2.75, 3.05) is 13.2 Å². The molecule has 0 bridgehead atoms. The van der Waals surface area contributed by atoms with E-state index < -0.39 is 35.8 Å². The van der Waals surface area contributed by atoms with Crippen LogP contribution in [0.4, 0.5) is 8.78 Å². The molecule has 5 aromatic rings. The largest absolute Gasteiger partial charge is 0.476 e. The molecule has 3 heterocycles. The number of halogens is 2. The number of thiophene rings is 3. The molecule has 0 saturated carbocycles. The van der Waals surface area contributed by atoms with E-state index in [1.807, 2.05) is 30.4 Å². The zero-order valence-electron chi connectivity index (χ0n) is 40.2. The number of rotatable bonds is 33. The van der Waals surface area contributed by atoms with E-state index in [-0.39, 0.29) is 11.5 Å². The lowest BCUT2D eigenvalue weighted by atomic mass is 10.1. The average molecular weight is 975 g/mol. The van der Waals surface area contributed by atoms with Crippen LogP contribution in [0.2, 0.25) is 0 Å². The van der Waals surface area contributed by atoms with Gasteiger partial charge in [0.2, 0.25) is 0 Å². The Labute approximate surface area is 411 Å². The second-order valence-corrected chi connectivity index (χ2v) is 20.7. The molecule has 2 aromatic carbocycles. The monoisotopic (exact) mass is 974 g/mol. The van der Waals surface area contributed by atoms with Gasteiger partial charge in [0.05, 0.1) is 13.2 Å². The van der Waals surface area contributed by atoms with E-state index in [4.69, 9.17) is 18.9 Å². The lowest BCUT2D eigenvalue weighted by Crippen LogP contribution is -2.26. The fourth-order valence-electron chi connectivity index (χ4n) is 7.68.